The highest BCUT2D eigenvalue weighted by atomic mass is 35.5. The van der Waals surface area contributed by atoms with Gasteiger partial charge in [0, 0.05) is 28.2 Å². The van der Waals surface area contributed by atoms with Gasteiger partial charge in [0.05, 0.1) is 0 Å². The summed E-state index contributed by atoms with van der Waals surface area (Å²) in [6, 6.07) is 23.8. The third-order valence-electron chi connectivity index (χ3n) is 5.34. The molecule has 0 spiro atoms. The molecule has 3 heteroatoms. The summed E-state index contributed by atoms with van der Waals surface area (Å²) in [5, 5.41) is 5.63. The van der Waals surface area contributed by atoms with E-state index >= 15 is 0 Å². The fraction of sp³-hybridized carbons (Fsp3) is 0.200. The molecule has 1 aromatic heterocycles. The highest BCUT2D eigenvalue weighted by molar-refractivity contribution is 6.31. The number of rotatable bonds is 6. The van der Waals surface area contributed by atoms with Crippen LogP contribution in [0.25, 0.3) is 22.0 Å². The third-order valence-corrected chi connectivity index (χ3v) is 5.57. The van der Waals surface area contributed by atoms with Crippen molar-refractivity contribution in [3.63, 3.8) is 0 Å². The van der Waals surface area contributed by atoms with E-state index < -0.39 is 0 Å². The van der Waals surface area contributed by atoms with Gasteiger partial charge in [-0.2, -0.15) is 0 Å². The van der Waals surface area contributed by atoms with E-state index in [-0.39, 0.29) is 0 Å². The number of aromatic amines is 1. The lowest BCUT2D eigenvalue weighted by Gasteiger charge is -2.15. The van der Waals surface area contributed by atoms with Crippen LogP contribution in [0.3, 0.4) is 0 Å². The maximum Gasteiger partial charge on any atom is 0.0457 e. The minimum absolute atomic E-state index is 0.306. The number of fused-ring (bicyclic) bond motifs is 1. The van der Waals surface area contributed by atoms with E-state index in [0.29, 0.717) is 6.04 Å². The average Bonchev–Trinajstić information content (AvgIpc) is 3.10. The van der Waals surface area contributed by atoms with Crippen LogP contribution in [0.2, 0.25) is 5.02 Å². The van der Waals surface area contributed by atoms with Crippen molar-refractivity contribution >= 4 is 22.5 Å². The Morgan fingerprint density at radius 3 is 2.57 bits per heavy atom. The molecular formula is C25H25ClN2. The maximum atomic E-state index is 6.15. The van der Waals surface area contributed by atoms with Crippen LogP contribution in [-0.4, -0.2) is 11.5 Å². The summed E-state index contributed by atoms with van der Waals surface area (Å²) in [4.78, 5) is 3.32. The zero-order valence-electron chi connectivity index (χ0n) is 16.3. The molecular weight excluding hydrogens is 364 g/mol. The second kappa shape index (κ2) is 8.22. The van der Waals surface area contributed by atoms with Crippen LogP contribution in [0.4, 0.5) is 0 Å². The first-order chi connectivity index (χ1) is 13.6. The Morgan fingerprint density at radius 1 is 0.964 bits per heavy atom. The molecule has 0 bridgehead atoms. The number of benzene rings is 3. The number of H-pyrrole nitrogens is 1. The topological polar surface area (TPSA) is 27.8 Å². The molecule has 0 fully saturated rings. The Labute approximate surface area is 171 Å². The first-order valence-electron chi connectivity index (χ1n) is 9.76. The lowest BCUT2D eigenvalue weighted by molar-refractivity contribution is 0.577. The molecule has 4 rings (SSSR count). The van der Waals surface area contributed by atoms with Gasteiger partial charge in [-0.15, -0.1) is 0 Å². The van der Waals surface area contributed by atoms with E-state index in [9.17, 15) is 0 Å². The molecule has 0 aliphatic rings. The summed E-state index contributed by atoms with van der Waals surface area (Å²) in [6.45, 7) is 5.26. The van der Waals surface area contributed by atoms with Crippen LogP contribution in [0.1, 0.15) is 29.7 Å². The number of hydrogen-bond donors (Lipinski definition) is 2. The van der Waals surface area contributed by atoms with Gasteiger partial charge in [-0.3, -0.25) is 0 Å². The van der Waals surface area contributed by atoms with Crippen molar-refractivity contribution in [2.45, 2.75) is 26.3 Å². The monoisotopic (exact) mass is 388 g/mol. The first kappa shape index (κ1) is 18.8. The highest BCUT2D eigenvalue weighted by Crippen LogP contribution is 2.24. The third kappa shape index (κ3) is 4.14. The van der Waals surface area contributed by atoms with Crippen LogP contribution < -0.4 is 5.32 Å². The lowest BCUT2D eigenvalue weighted by atomic mass is 10.00. The minimum atomic E-state index is 0.306. The minimum Gasteiger partial charge on any atom is -0.361 e. The van der Waals surface area contributed by atoms with Gasteiger partial charge >= 0.3 is 0 Å². The number of aromatic nitrogens is 1. The summed E-state index contributed by atoms with van der Waals surface area (Å²) in [5.74, 6) is 0. The molecule has 3 aromatic carbocycles. The van der Waals surface area contributed by atoms with Gasteiger partial charge in [0.15, 0.2) is 0 Å². The highest BCUT2D eigenvalue weighted by Gasteiger charge is 2.08. The fourth-order valence-corrected chi connectivity index (χ4v) is 3.86. The smallest absolute Gasteiger partial charge is 0.0457 e. The Hall–Kier alpha value is -2.55. The predicted molar refractivity (Wildman–Crippen MR) is 120 cm³/mol. The molecule has 1 unspecified atom stereocenters. The van der Waals surface area contributed by atoms with Gasteiger partial charge in [-0.05, 0) is 67.3 Å². The summed E-state index contributed by atoms with van der Waals surface area (Å²) >= 11 is 6.15. The molecule has 0 aliphatic carbocycles. The van der Waals surface area contributed by atoms with E-state index in [2.05, 4.69) is 78.9 Å². The summed E-state index contributed by atoms with van der Waals surface area (Å²) in [7, 11) is 0. The van der Waals surface area contributed by atoms with E-state index in [0.717, 1.165) is 23.5 Å². The SMILES string of the molecule is Cc1cccc(-c2ccc(C(C)NCCc3c[nH]c4ccc(Cl)cc34)cc2)c1. The maximum absolute atomic E-state index is 6.15. The molecule has 1 heterocycles. The van der Waals surface area contributed by atoms with Crippen LogP contribution in [-0.2, 0) is 6.42 Å². The van der Waals surface area contributed by atoms with Crippen molar-refractivity contribution in [1.29, 1.82) is 0 Å². The van der Waals surface area contributed by atoms with E-state index in [4.69, 9.17) is 11.6 Å². The molecule has 0 saturated heterocycles. The molecule has 2 nitrogen and oxygen atoms in total. The van der Waals surface area contributed by atoms with Crippen molar-refractivity contribution in [3.8, 4) is 11.1 Å². The van der Waals surface area contributed by atoms with Gasteiger partial charge in [0.25, 0.3) is 0 Å². The zero-order valence-corrected chi connectivity index (χ0v) is 17.1. The second-order valence-electron chi connectivity index (χ2n) is 7.42. The summed E-state index contributed by atoms with van der Waals surface area (Å²) in [6.07, 6.45) is 3.05. The Kier molecular flexibility index (Phi) is 5.52. The molecule has 4 aromatic rings. The quantitative estimate of drug-likeness (QED) is 0.378. The van der Waals surface area contributed by atoms with Gasteiger partial charge in [0.2, 0.25) is 0 Å². The largest absolute Gasteiger partial charge is 0.361 e. The van der Waals surface area contributed by atoms with Crippen molar-refractivity contribution < 1.29 is 0 Å². The van der Waals surface area contributed by atoms with Crippen molar-refractivity contribution in [1.82, 2.24) is 10.3 Å². The van der Waals surface area contributed by atoms with Crippen molar-refractivity contribution in [3.05, 3.63) is 94.6 Å². The molecule has 0 amide bonds. The molecule has 142 valence electrons. The number of hydrogen-bond acceptors (Lipinski definition) is 1. The summed E-state index contributed by atoms with van der Waals surface area (Å²) in [5.41, 5.74) is 7.56. The number of halogens is 1. The van der Waals surface area contributed by atoms with Crippen LogP contribution >= 0.6 is 11.6 Å². The predicted octanol–water partition coefficient (Wildman–Crippen LogP) is 6.69. The normalized spacial score (nSPS) is 12.4. The van der Waals surface area contributed by atoms with Crippen molar-refractivity contribution in [2.24, 2.45) is 0 Å². The lowest BCUT2D eigenvalue weighted by Crippen LogP contribution is -2.21. The van der Waals surface area contributed by atoms with Gasteiger partial charge < -0.3 is 10.3 Å². The number of aryl methyl sites for hydroxylation is 1. The van der Waals surface area contributed by atoms with Crippen LogP contribution in [0, 0.1) is 6.92 Å². The first-order valence-corrected chi connectivity index (χ1v) is 10.1. The standard InChI is InChI=1S/C25H25ClN2/c1-17-4-3-5-21(14-17)20-8-6-19(7-9-20)18(2)27-13-12-22-16-28-25-11-10-23(26)15-24(22)25/h3-11,14-16,18,27-28H,12-13H2,1-2H3. The molecule has 0 saturated carbocycles. The van der Waals surface area contributed by atoms with Crippen LogP contribution in [0.5, 0.6) is 0 Å². The van der Waals surface area contributed by atoms with Crippen LogP contribution in [0.15, 0.2) is 72.9 Å². The van der Waals surface area contributed by atoms with Gasteiger partial charge in [-0.1, -0.05) is 65.7 Å². The Bertz CT molecular complexity index is 1080. The summed E-state index contributed by atoms with van der Waals surface area (Å²) < 4.78 is 0. The molecule has 2 N–H and O–H groups in total. The Morgan fingerprint density at radius 2 is 1.79 bits per heavy atom. The fourth-order valence-electron chi connectivity index (χ4n) is 3.69. The van der Waals surface area contributed by atoms with Crippen molar-refractivity contribution in [2.75, 3.05) is 6.54 Å². The number of nitrogens with one attached hydrogen (secondary N) is 2. The molecule has 1 atom stereocenters. The Balaban J connectivity index is 1.38. The zero-order chi connectivity index (χ0) is 19.5. The van der Waals surface area contributed by atoms with Gasteiger partial charge in [-0.25, -0.2) is 0 Å². The molecule has 28 heavy (non-hydrogen) atoms. The molecule has 0 radical (unpaired) electrons. The van der Waals surface area contributed by atoms with E-state index in [1.807, 2.05) is 18.2 Å². The average molecular weight is 389 g/mol. The van der Waals surface area contributed by atoms with E-state index in [1.54, 1.807) is 0 Å². The van der Waals surface area contributed by atoms with Gasteiger partial charge in [0.1, 0.15) is 0 Å². The molecule has 0 aliphatic heterocycles. The van der Waals surface area contributed by atoms with E-state index in [1.165, 1.54) is 33.2 Å². The second-order valence-corrected chi connectivity index (χ2v) is 7.86.